The number of para-hydroxylation sites is 2. The van der Waals surface area contributed by atoms with Crippen LogP contribution in [-0.2, 0) is 0 Å². The average Bonchev–Trinajstić information content (AvgIpc) is 2.30. The zero-order chi connectivity index (χ0) is 11.4. The zero-order valence-electron chi connectivity index (χ0n) is 8.35. The standard InChI is InChI=1S/C12H10BrNOS/c13-9-5-1-4-8-12(9)16-14-10-6-2-3-7-11(10)15/h1-8,14-15H. The van der Waals surface area contributed by atoms with Gasteiger partial charge in [0.15, 0.2) is 0 Å². The fourth-order valence-electron chi connectivity index (χ4n) is 1.20. The van der Waals surface area contributed by atoms with Crippen molar-refractivity contribution in [2.24, 2.45) is 0 Å². The van der Waals surface area contributed by atoms with Crippen LogP contribution in [0.4, 0.5) is 5.69 Å². The number of rotatable bonds is 3. The Morgan fingerprint density at radius 1 is 1.00 bits per heavy atom. The first-order chi connectivity index (χ1) is 7.77. The van der Waals surface area contributed by atoms with Gasteiger partial charge in [0.1, 0.15) is 5.75 Å². The molecule has 0 aliphatic heterocycles. The largest absolute Gasteiger partial charge is 0.506 e. The lowest BCUT2D eigenvalue weighted by molar-refractivity contribution is 0.478. The van der Waals surface area contributed by atoms with Gasteiger partial charge in [0.05, 0.1) is 5.69 Å². The molecule has 0 radical (unpaired) electrons. The summed E-state index contributed by atoms with van der Waals surface area (Å²) in [4.78, 5) is 1.07. The Kier molecular flexibility index (Phi) is 3.74. The summed E-state index contributed by atoms with van der Waals surface area (Å²) >= 11 is 4.92. The van der Waals surface area contributed by atoms with Gasteiger partial charge >= 0.3 is 0 Å². The predicted molar refractivity (Wildman–Crippen MR) is 71.7 cm³/mol. The molecule has 2 aromatic carbocycles. The molecule has 0 heterocycles. The molecule has 2 N–H and O–H groups in total. The number of aromatic hydroxyl groups is 1. The van der Waals surface area contributed by atoms with Crippen molar-refractivity contribution in [1.29, 1.82) is 0 Å². The van der Waals surface area contributed by atoms with E-state index in [4.69, 9.17) is 0 Å². The Morgan fingerprint density at radius 3 is 2.44 bits per heavy atom. The van der Waals surface area contributed by atoms with Gasteiger partial charge in [0, 0.05) is 9.37 Å². The van der Waals surface area contributed by atoms with Crippen LogP contribution in [0.1, 0.15) is 0 Å². The highest BCUT2D eigenvalue weighted by atomic mass is 79.9. The summed E-state index contributed by atoms with van der Waals surface area (Å²) in [6, 6.07) is 15.1. The molecule has 0 aliphatic rings. The lowest BCUT2D eigenvalue weighted by atomic mass is 10.3. The first-order valence-corrected chi connectivity index (χ1v) is 6.34. The second-order valence-corrected chi connectivity index (χ2v) is 4.85. The maximum Gasteiger partial charge on any atom is 0.139 e. The molecule has 0 bridgehead atoms. The highest BCUT2D eigenvalue weighted by Crippen LogP contribution is 2.31. The minimum atomic E-state index is 0.252. The van der Waals surface area contributed by atoms with E-state index < -0.39 is 0 Å². The quantitative estimate of drug-likeness (QED) is 0.655. The summed E-state index contributed by atoms with van der Waals surface area (Å²) in [5, 5.41) is 9.57. The van der Waals surface area contributed by atoms with Gasteiger partial charge in [0.2, 0.25) is 0 Å². The number of nitrogens with one attached hydrogen (secondary N) is 1. The van der Waals surface area contributed by atoms with Gasteiger partial charge in [-0.1, -0.05) is 24.3 Å². The first-order valence-electron chi connectivity index (χ1n) is 4.73. The second-order valence-electron chi connectivity index (χ2n) is 3.15. The predicted octanol–water partition coefficient (Wildman–Crippen LogP) is 4.27. The molecule has 0 spiro atoms. The molecule has 2 nitrogen and oxygen atoms in total. The monoisotopic (exact) mass is 295 g/mol. The van der Waals surface area contributed by atoms with Crippen LogP contribution in [0.25, 0.3) is 0 Å². The molecule has 0 saturated heterocycles. The molecule has 0 unspecified atom stereocenters. The highest BCUT2D eigenvalue weighted by Gasteiger charge is 2.02. The van der Waals surface area contributed by atoms with Crippen LogP contribution >= 0.6 is 27.9 Å². The Morgan fingerprint density at radius 2 is 1.69 bits per heavy atom. The van der Waals surface area contributed by atoms with Gasteiger partial charge < -0.3 is 9.83 Å². The lowest BCUT2D eigenvalue weighted by Gasteiger charge is -2.08. The van der Waals surface area contributed by atoms with E-state index in [2.05, 4.69) is 20.7 Å². The van der Waals surface area contributed by atoms with Gasteiger partial charge in [-0.15, -0.1) is 0 Å². The molecule has 0 aliphatic carbocycles. The van der Waals surface area contributed by atoms with Crippen LogP contribution in [0.2, 0.25) is 0 Å². The van der Waals surface area contributed by atoms with Gasteiger partial charge in [-0.3, -0.25) is 0 Å². The minimum absolute atomic E-state index is 0.252. The van der Waals surface area contributed by atoms with E-state index in [1.165, 1.54) is 11.9 Å². The topological polar surface area (TPSA) is 32.3 Å². The third kappa shape index (κ3) is 2.71. The lowest BCUT2D eigenvalue weighted by Crippen LogP contribution is -1.87. The number of benzene rings is 2. The number of phenols is 1. The van der Waals surface area contributed by atoms with Crippen LogP contribution in [-0.4, -0.2) is 5.11 Å². The Hall–Kier alpha value is -1.13. The van der Waals surface area contributed by atoms with Gasteiger partial charge in [0.25, 0.3) is 0 Å². The van der Waals surface area contributed by atoms with Crippen LogP contribution in [0.3, 0.4) is 0 Å². The minimum Gasteiger partial charge on any atom is -0.506 e. The normalized spacial score (nSPS) is 10.1. The van der Waals surface area contributed by atoms with Crippen LogP contribution in [0.15, 0.2) is 57.9 Å². The molecule has 0 atom stereocenters. The smallest absolute Gasteiger partial charge is 0.139 e. The summed E-state index contributed by atoms with van der Waals surface area (Å²) < 4.78 is 4.14. The number of anilines is 1. The van der Waals surface area contributed by atoms with E-state index in [9.17, 15) is 5.11 Å². The molecular weight excluding hydrogens is 286 g/mol. The maximum absolute atomic E-state index is 9.57. The number of hydrogen-bond donors (Lipinski definition) is 2. The zero-order valence-corrected chi connectivity index (χ0v) is 10.8. The van der Waals surface area contributed by atoms with Crippen molar-refractivity contribution in [3.8, 4) is 5.75 Å². The Bertz CT molecular complexity index is 444. The van der Waals surface area contributed by atoms with Crippen molar-refractivity contribution in [2.75, 3.05) is 4.72 Å². The summed E-state index contributed by atoms with van der Waals surface area (Å²) in [6.45, 7) is 0. The molecule has 4 heteroatoms. The van der Waals surface area contributed by atoms with Gasteiger partial charge in [-0.05, 0) is 52.1 Å². The summed E-state index contributed by atoms with van der Waals surface area (Å²) in [7, 11) is 0. The van der Waals surface area contributed by atoms with Gasteiger partial charge in [-0.25, -0.2) is 0 Å². The number of hydrogen-bond acceptors (Lipinski definition) is 3. The summed E-state index contributed by atoms with van der Waals surface area (Å²) in [5.74, 6) is 0.252. The van der Waals surface area contributed by atoms with E-state index in [1.54, 1.807) is 12.1 Å². The molecule has 0 saturated carbocycles. The van der Waals surface area contributed by atoms with Crippen LogP contribution in [0.5, 0.6) is 5.75 Å². The van der Waals surface area contributed by atoms with Crippen molar-refractivity contribution in [3.63, 3.8) is 0 Å². The molecule has 0 fully saturated rings. The van der Waals surface area contributed by atoms with Crippen LogP contribution < -0.4 is 4.72 Å². The van der Waals surface area contributed by atoms with E-state index in [1.807, 2.05) is 36.4 Å². The fourth-order valence-corrected chi connectivity index (χ4v) is 2.43. The number of halogens is 1. The third-order valence-electron chi connectivity index (χ3n) is 2.01. The van der Waals surface area contributed by atoms with Crippen molar-refractivity contribution >= 4 is 33.6 Å². The third-order valence-corrected chi connectivity index (χ3v) is 3.86. The average molecular weight is 296 g/mol. The van der Waals surface area contributed by atoms with E-state index >= 15 is 0 Å². The van der Waals surface area contributed by atoms with Gasteiger partial charge in [-0.2, -0.15) is 0 Å². The van der Waals surface area contributed by atoms with Crippen molar-refractivity contribution in [2.45, 2.75) is 4.90 Å². The number of phenolic OH excluding ortho intramolecular Hbond substituents is 1. The van der Waals surface area contributed by atoms with Crippen LogP contribution in [0, 0.1) is 0 Å². The molecule has 82 valence electrons. The highest BCUT2D eigenvalue weighted by molar-refractivity contribution is 9.10. The first kappa shape index (κ1) is 11.4. The summed E-state index contributed by atoms with van der Waals surface area (Å²) in [5.41, 5.74) is 0.711. The molecule has 2 aromatic rings. The van der Waals surface area contributed by atoms with E-state index in [-0.39, 0.29) is 5.75 Å². The van der Waals surface area contributed by atoms with Crippen molar-refractivity contribution in [1.82, 2.24) is 0 Å². The molecule has 16 heavy (non-hydrogen) atoms. The van der Waals surface area contributed by atoms with Crippen molar-refractivity contribution in [3.05, 3.63) is 53.0 Å². The van der Waals surface area contributed by atoms with E-state index in [0.29, 0.717) is 5.69 Å². The van der Waals surface area contributed by atoms with E-state index in [0.717, 1.165) is 9.37 Å². The molecule has 0 amide bonds. The Balaban J connectivity index is 2.09. The SMILES string of the molecule is Oc1ccccc1NSc1ccccc1Br. The molecule has 2 rings (SSSR count). The summed E-state index contributed by atoms with van der Waals surface area (Å²) in [6.07, 6.45) is 0. The van der Waals surface area contributed by atoms with Crippen molar-refractivity contribution < 1.29 is 5.11 Å². The fraction of sp³-hybridized carbons (Fsp3) is 0. The molecular formula is C12H10BrNOS. The Labute approximate surface area is 107 Å². The second kappa shape index (κ2) is 5.27. The molecule has 0 aromatic heterocycles. The maximum atomic E-state index is 9.57.